The fourth-order valence-electron chi connectivity index (χ4n) is 1.84. The van der Waals surface area contributed by atoms with Crippen molar-refractivity contribution in [2.24, 2.45) is 0 Å². The molecule has 0 aliphatic heterocycles. The molecule has 0 saturated heterocycles. The first kappa shape index (κ1) is 16.0. The van der Waals surface area contributed by atoms with Crippen molar-refractivity contribution in [1.82, 2.24) is 9.97 Å². The monoisotopic (exact) mass is 277 g/mol. The van der Waals surface area contributed by atoms with E-state index in [0.29, 0.717) is 29.8 Å². The summed E-state index contributed by atoms with van der Waals surface area (Å²) in [7, 11) is 0. The molecule has 1 aromatic heterocycles. The minimum atomic E-state index is 0.210. The molecule has 0 radical (unpaired) electrons. The summed E-state index contributed by atoms with van der Waals surface area (Å²) in [6.45, 7) is 12.0. The van der Waals surface area contributed by atoms with Gasteiger partial charge in [-0.3, -0.25) is 0 Å². The summed E-state index contributed by atoms with van der Waals surface area (Å²) in [4.78, 5) is 10.8. The maximum atomic E-state index is 9.38. The van der Waals surface area contributed by atoms with Crippen molar-refractivity contribution in [1.29, 1.82) is 5.26 Å². The number of hydrogen-bond donors (Lipinski definition) is 1. The molecule has 0 amide bonds. The van der Waals surface area contributed by atoms with Crippen LogP contribution in [-0.4, -0.2) is 35.7 Å². The molecule has 110 valence electrons. The van der Waals surface area contributed by atoms with Crippen LogP contribution in [0.3, 0.4) is 0 Å². The summed E-state index contributed by atoms with van der Waals surface area (Å²) < 4.78 is 5.49. The molecule has 0 bridgehead atoms. The molecule has 0 aliphatic carbocycles. The van der Waals surface area contributed by atoms with E-state index in [-0.39, 0.29) is 6.04 Å². The average molecular weight is 277 g/mol. The summed E-state index contributed by atoms with van der Waals surface area (Å²) in [6, 6.07) is 2.37. The van der Waals surface area contributed by atoms with E-state index in [1.54, 1.807) is 0 Å². The van der Waals surface area contributed by atoms with E-state index >= 15 is 0 Å². The van der Waals surface area contributed by atoms with Crippen LogP contribution in [0.15, 0.2) is 0 Å². The molecule has 20 heavy (non-hydrogen) atoms. The van der Waals surface area contributed by atoms with Crippen LogP contribution in [-0.2, 0) is 0 Å². The smallest absolute Gasteiger partial charge is 0.238 e. The second-order valence-corrected chi connectivity index (χ2v) is 4.57. The predicted octanol–water partition coefficient (Wildman–Crippen LogP) is 2.41. The maximum absolute atomic E-state index is 9.38. The Morgan fingerprint density at radius 1 is 1.25 bits per heavy atom. The van der Waals surface area contributed by atoms with Crippen LogP contribution in [0, 0.1) is 11.3 Å². The normalized spacial score (nSPS) is 10.2. The summed E-state index contributed by atoms with van der Waals surface area (Å²) in [5, 5.41) is 12.5. The standard InChI is InChI=1S/C14H23N5O/c1-6-19(7-2)12-11(9-15)13(20-8-3)18-14(17-12)16-10(4)5/h10H,6-8H2,1-5H3,(H,16,17,18). The van der Waals surface area contributed by atoms with Crippen molar-refractivity contribution in [2.45, 2.75) is 40.7 Å². The van der Waals surface area contributed by atoms with E-state index in [0.717, 1.165) is 13.1 Å². The number of ether oxygens (including phenoxy) is 1. The molecular weight excluding hydrogens is 254 g/mol. The van der Waals surface area contributed by atoms with Gasteiger partial charge >= 0.3 is 0 Å². The second kappa shape index (κ2) is 7.53. The van der Waals surface area contributed by atoms with Gasteiger partial charge in [0.25, 0.3) is 0 Å². The third-order valence-corrected chi connectivity index (χ3v) is 2.73. The molecule has 1 heterocycles. The first-order chi connectivity index (χ1) is 9.57. The Balaban J connectivity index is 3.36. The lowest BCUT2D eigenvalue weighted by Gasteiger charge is -2.22. The third-order valence-electron chi connectivity index (χ3n) is 2.73. The minimum absolute atomic E-state index is 0.210. The van der Waals surface area contributed by atoms with Crippen LogP contribution in [0.4, 0.5) is 11.8 Å². The van der Waals surface area contributed by atoms with Crippen LogP contribution in [0.25, 0.3) is 0 Å². The summed E-state index contributed by atoms with van der Waals surface area (Å²) in [6.07, 6.45) is 0. The average Bonchev–Trinajstić information content (AvgIpc) is 2.40. The molecule has 6 heteroatoms. The van der Waals surface area contributed by atoms with Crippen molar-refractivity contribution in [3.05, 3.63) is 5.56 Å². The topological polar surface area (TPSA) is 74.1 Å². The zero-order valence-electron chi connectivity index (χ0n) is 12.9. The van der Waals surface area contributed by atoms with Crippen molar-refractivity contribution in [2.75, 3.05) is 29.9 Å². The number of hydrogen-bond acceptors (Lipinski definition) is 6. The maximum Gasteiger partial charge on any atom is 0.238 e. The van der Waals surface area contributed by atoms with Crippen LogP contribution >= 0.6 is 0 Å². The highest BCUT2D eigenvalue weighted by atomic mass is 16.5. The highest BCUT2D eigenvalue weighted by molar-refractivity contribution is 5.61. The van der Waals surface area contributed by atoms with E-state index in [4.69, 9.17) is 4.74 Å². The van der Waals surface area contributed by atoms with Gasteiger partial charge < -0.3 is 15.0 Å². The lowest BCUT2D eigenvalue weighted by molar-refractivity contribution is 0.325. The van der Waals surface area contributed by atoms with Crippen molar-refractivity contribution < 1.29 is 4.74 Å². The Morgan fingerprint density at radius 2 is 1.90 bits per heavy atom. The van der Waals surface area contributed by atoms with Gasteiger partial charge in [-0.25, -0.2) is 0 Å². The Morgan fingerprint density at radius 3 is 2.35 bits per heavy atom. The predicted molar refractivity (Wildman–Crippen MR) is 80.2 cm³/mol. The Kier molecular flexibility index (Phi) is 6.04. The minimum Gasteiger partial charge on any atom is -0.477 e. The van der Waals surface area contributed by atoms with Gasteiger partial charge in [0.15, 0.2) is 11.4 Å². The summed E-state index contributed by atoms with van der Waals surface area (Å²) >= 11 is 0. The molecule has 0 atom stereocenters. The number of nitrogens with zero attached hydrogens (tertiary/aromatic N) is 4. The molecule has 0 unspecified atom stereocenters. The van der Waals surface area contributed by atoms with Crippen molar-refractivity contribution in [3.8, 4) is 11.9 Å². The molecule has 1 rings (SSSR count). The van der Waals surface area contributed by atoms with Crippen molar-refractivity contribution >= 4 is 11.8 Å². The summed E-state index contributed by atoms with van der Waals surface area (Å²) in [5.74, 6) is 1.46. The zero-order valence-corrected chi connectivity index (χ0v) is 12.9. The van der Waals surface area contributed by atoms with Crippen LogP contribution in [0.2, 0.25) is 0 Å². The Hall–Kier alpha value is -2.03. The Labute approximate surface area is 120 Å². The SMILES string of the molecule is CCOc1nc(NC(C)C)nc(N(CC)CC)c1C#N. The van der Waals surface area contributed by atoms with Gasteiger partial charge in [-0.05, 0) is 34.6 Å². The van der Waals surface area contributed by atoms with Gasteiger partial charge in [-0.1, -0.05) is 0 Å². The van der Waals surface area contributed by atoms with Crippen molar-refractivity contribution in [3.63, 3.8) is 0 Å². The second-order valence-electron chi connectivity index (χ2n) is 4.57. The fraction of sp³-hybridized carbons (Fsp3) is 0.643. The largest absolute Gasteiger partial charge is 0.477 e. The molecule has 0 saturated carbocycles. The van der Waals surface area contributed by atoms with Crippen LogP contribution in [0.1, 0.15) is 40.2 Å². The zero-order chi connectivity index (χ0) is 15.1. The Bertz CT molecular complexity index is 477. The molecule has 0 aromatic carbocycles. The van der Waals surface area contributed by atoms with E-state index in [1.165, 1.54) is 0 Å². The van der Waals surface area contributed by atoms with Gasteiger partial charge in [-0.15, -0.1) is 0 Å². The van der Waals surface area contributed by atoms with Gasteiger partial charge in [0.05, 0.1) is 6.61 Å². The molecular formula is C14H23N5O. The van der Waals surface area contributed by atoms with E-state index in [2.05, 4.69) is 21.4 Å². The molecule has 0 aliphatic rings. The van der Waals surface area contributed by atoms with E-state index in [1.807, 2.05) is 39.5 Å². The molecule has 1 N–H and O–H groups in total. The number of anilines is 2. The molecule has 6 nitrogen and oxygen atoms in total. The highest BCUT2D eigenvalue weighted by Gasteiger charge is 2.19. The number of aromatic nitrogens is 2. The van der Waals surface area contributed by atoms with Gasteiger partial charge in [0.1, 0.15) is 6.07 Å². The number of nitriles is 1. The quantitative estimate of drug-likeness (QED) is 0.825. The molecule has 1 aromatic rings. The highest BCUT2D eigenvalue weighted by Crippen LogP contribution is 2.27. The van der Waals surface area contributed by atoms with Gasteiger partial charge in [0, 0.05) is 19.1 Å². The van der Waals surface area contributed by atoms with E-state index in [9.17, 15) is 5.26 Å². The molecule has 0 fully saturated rings. The lowest BCUT2D eigenvalue weighted by Crippen LogP contribution is -2.25. The number of rotatable bonds is 7. The van der Waals surface area contributed by atoms with Crippen LogP contribution in [0.5, 0.6) is 5.88 Å². The first-order valence-corrected chi connectivity index (χ1v) is 7.03. The first-order valence-electron chi connectivity index (χ1n) is 7.03. The molecule has 0 spiro atoms. The third kappa shape index (κ3) is 3.73. The van der Waals surface area contributed by atoms with Crippen LogP contribution < -0.4 is 15.0 Å². The summed E-state index contributed by atoms with van der Waals surface area (Å²) in [5.41, 5.74) is 0.393. The fourth-order valence-corrected chi connectivity index (χ4v) is 1.84. The lowest BCUT2D eigenvalue weighted by atomic mass is 10.3. The van der Waals surface area contributed by atoms with Gasteiger partial charge in [-0.2, -0.15) is 15.2 Å². The number of nitrogens with one attached hydrogen (secondary N) is 1. The van der Waals surface area contributed by atoms with Gasteiger partial charge in [0.2, 0.25) is 11.8 Å². The van der Waals surface area contributed by atoms with E-state index < -0.39 is 0 Å².